The molecule has 0 radical (unpaired) electrons. The van der Waals surface area contributed by atoms with E-state index in [-0.39, 0.29) is 16.5 Å². The van der Waals surface area contributed by atoms with Crippen molar-refractivity contribution >= 4 is 23.4 Å². The summed E-state index contributed by atoms with van der Waals surface area (Å²) in [7, 11) is 0. The fraction of sp³-hybridized carbons (Fsp3) is 0. The van der Waals surface area contributed by atoms with Crippen molar-refractivity contribution in [2.24, 2.45) is 5.84 Å². The molecule has 1 aromatic rings. The predicted octanol–water partition coefficient (Wildman–Crippen LogP) is 0.719. The number of nitrogen functional groups attached to an aromatic ring is 1. The maximum Gasteiger partial charge on any atom is 0.356 e. The van der Waals surface area contributed by atoms with Crippen LogP contribution in [0.25, 0.3) is 0 Å². The van der Waals surface area contributed by atoms with Crippen molar-refractivity contribution in [3.8, 4) is 0 Å². The number of carboxylic acids is 1. The van der Waals surface area contributed by atoms with E-state index in [1.807, 2.05) is 0 Å². The van der Waals surface area contributed by atoms with Gasteiger partial charge in [-0.2, -0.15) is 0 Å². The summed E-state index contributed by atoms with van der Waals surface area (Å²) < 4.78 is 0. The first-order valence-corrected chi connectivity index (χ1v) is 3.39. The molecule has 0 atom stereocenters. The summed E-state index contributed by atoms with van der Waals surface area (Å²) in [5, 5.41) is 8.65. The predicted molar refractivity (Wildman–Crippen MR) is 44.0 cm³/mol. The molecule has 0 fully saturated rings. The second-order valence-electron chi connectivity index (χ2n) is 1.98. The minimum absolute atomic E-state index is 0.0847. The summed E-state index contributed by atoms with van der Waals surface area (Å²) in [4.78, 5) is 14.1. The molecule has 0 unspecified atom stereocenters. The van der Waals surface area contributed by atoms with Gasteiger partial charge in [0.15, 0.2) is 5.69 Å². The minimum atomic E-state index is -1.18. The lowest BCUT2D eigenvalue weighted by molar-refractivity contribution is 0.0691. The van der Waals surface area contributed by atoms with Gasteiger partial charge in [0, 0.05) is 0 Å². The Morgan fingerprint density at radius 2 is 2.33 bits per heavy atom. The summed E-state index contributed by atoms with van der Waals surface area (Å²) in [6.07, 6.45) is 0. The van der Waals surface area contributed by atoms with Gasteiger partial charge in [-0.3, -0.25) is 0 Å². The molecule has 0 bridgehead atoms. The molecular formula is C6H6ClN3O2. The van der Waals surface area contributed by atoms with E-state index < -0.39 is 5.97 Å². The largest absolute Gasteiger partial charge is 0.476 e. The van der Waals surface area contributed by atoms with Gasteiger partial charge in [0.2, 0.25) is 0 Å². The zero-order valence-corrected chi connectivity index (χ0v) is 6.67. The Bertz CT molecular complexity index is 316. The maximum atomic E-state index is 10.5. The van der Waals surface area contributed by atoms with Crippen LogP contribution < -0.4 is 11.3 Å². The number of nitrogens with one attached hydrogen (secondary N) is 1. The molecule has 0 aromatic carbocycles. The molecule has 64 valence electrons. The molecule has 0 amide bonds. The van der Waals surface area contributed by atoms with E-state index in [1.54, 1.807) is 0 Å². The van der Waals surface area contributed by atoms with Crippen molar-refractivity contribution < 1.29 is 9.90 Å². The van der Waals surface area contributed by atoms with Crippen LogP contribution in [-0.2, 0) is 0 Å². The number of aromatic nitrogens is 1. The lowest BCUT2D eigenvalue weighted by Gasteiger charge is -2.01. The molecule has 0 aliphatic rings. The number of anilines is 1. The van der Waals surface area contributed by atoms with Gasteiger partial charge < -0.3 is 10.5 Å². The van der Waals surface area contributed by atoms with Crippen molar-refractivity contribution in [3.63, 3.8) is 0 Å². The molecule has 0 saturated heterocycles. The van der Waals surface area contributed by atoms with E-state index in [0.29, 0.717) is 0 Å². The van der Waals surface area contributed by atoms with Crippen LogP contribution >= 0.6 is 11.6 Å². The van der Waals surface area contributed by atoms with Gasteiger partial charge in [0.1, 0.15) is 5.82 Å². The number of hydrogen-bond donors (Lipinski definition) is 3. The van der Waals surface area contributed by atoms with Crippen LogP contribution in [0.4, 0.5) is 5.82 Å². The fourth-order valence-electron chi connectivity index (χ4n) is 0.673. The molecule has 0 aliphatic carbocycles. The number of hydrazine groups is 1. The Morgan fingerprint density at radius 1 is 1.67 bits per heavy atom. The van der Waals surface area contributed by atoms with Crippen LogP contribution in [0.1, 0.15) is 10.5 Å². The number of halogens is 1. The third kappa shape index (κ3) is 1.63. The van der Waals surface area contributed by atoms with Gasteiger partial charge >= 0.3 is 5.97 Å². The number of carbonyl (C=O) groups is 1. The zero-order chi connectivity index (χ0) is 9.14. The molecule has 12 heavy (non-hydrogen) atoms. The summed E-state index contributed by atoms with van der Waals surface area (Å²) in [5.74, 6) is 4.10. The second kappa shape index (κ2) is 3.38. The molecular weight excluding hydrogens is 182 g/mol. The Kier molecular flexibility index (Phi) is 2.47. The molecule has 5 nitrogen and oxygen atoms in total. The monoisotopic (exact) mass is 187 g/mol. The van der Waals surface area contributed by atoms with Gasteiger partial charge in [0.05, 0.1) is 5.02 Å². The highest BCUT2D eigenvalue weighted by Gasteiger charge is 2.10. The summed E-state index contributed by atoms with van der Waals surface area (Å²) in [6.45, 7) is 0. The first-order valence-electron chi connectivity index (χ1n) is 3.01. The van der Waals surface area contributed by atoms with Crippen LogP contribution in [0.2, 0.25) is 5.02 Å². The second-order valence-corrected chi connectivity index (χ2v) is 2.38. The summed E-state index contributed by atoms with van der Waals surface area (Å²) >= 11 is 5.54. The van der Waals surface area contributed by atoms with E-state index >= 15 is 0 Å². The molecule has 6 heteroatoms. The highest BCUT2D eigenvalue weighted by molar-refractivity contribution is 6.33. The molecule has 1 heterocycles. The van der Waals surface area contributed by atoms with Gasteiger partial charge in [0.25, 0.3) is 0 Å². The number of aromatic carboxylic acids is 1. The standard InChI is InChI=1S/C6H6ClN3O2/c7-3-1-2-4(10-8)9-5(3)6(11)12/h1-2H,8H2,(H,9,10)(H,11,12). The lowest BCUT2D eigenvalue weighted by atomic mass is 10.3. The van der Waals surface area contributed by atoms with Gasteiger partial charge in [-0.05, 0) is 12.1 Å². The quantitative estimate of drug-likeness (QED) is 0.469. The third-order valence-corrected chi connectivity index (χ3v) is 1.50. The Balaban J connectivity index is 3.17. The van der Waals surface area contributed by atoms with Gasteiger partial charge in [-0.25, -0.2) is 15.6 Å². The summed E-state index contributed by atoms with van der Waals surface area (Å²) in [6, 6.07) is 2.89. The van der Waals surface area contributed by atoms with E-state index in [9.17, 15) is 4.79 Å². The number of carboxylic acid groups (broad SMARTS) is 1. The van der Waals surface area contributed by atoms with E-state index in [4.69, 9.17) is 22.6 Å². The number of pyridine rings is 1. The number of nitrogens with two attached hydrogens (primary N) is 1. The number of rotatable bonds is 2. The highest BCUT2D eigenvalue weighted by atomic mass is 35.5. The first kappa shape index (κ1) is 8.76. The Morgan fingerprint density at radius 3 is 2.83 bits per heavy atom. The normalized spacial score (nSPS) is 9.50. The highest BCUT2D eigenvalue weighted by Crippen LogP contribution is 2.15. The molecule has 1 aromatic heterocycles. The number of nitrogens with zero attached hydrogens (tertiary/aromatic N) is 1. The molecule has 4 N–H and O–H groups in total. The van der Waals surface area contributed by atoms with Crippen LogP contribution in [0.15, 0.2) is 12.1 Å². The molecule has 0 spiro atoms. The van der Waals surface area contributed by atoms with Crippen molar-refractivity contribution in [3.05, 3.63) is 22.8 Å². The van der Waals surface area contributed by atoms with Crippen LogP contribution in [0.3, 0.4) is 0 Å². The van der Waals surface area contributed by atoms with Crippen molar-refractivity contribution in [2.75, 3.05) is 5.43 Å². The minimum Gasteiger partial charge on any atom is -0.476 e. The third-order valence-electron chi connectivity index (χ3n) is 1.20. The summed E-state index contributed by atoms with van der Waals surface area (Å²) in [5.41, 5.74) is 2.00. The van der Waals surface area contributed by atoms with Crippen LogP contribution in [-0.4, -0.2) is 16.1 Å². The smallest absolute Gasteiger partial charge is 0.356 e. The fourth-order valence-corrected chi connectivity index (χ4v) is 0.859. The van der Waals surface area contributed by atoms with E-state index in [2.05, 4.69) is 10.4 Å². The van der Waals surface area contributed by atoms with Crippen LogP contribution in [0, 0.1) is 0 Å². The average molecular weight is 188 g/mol. The van der Waals surface area contributed by atoms with E-state index in [0.717, 1.165) is 0 Å². The van der Waals surface area contributed by atoms with Crippen LogP contribution in [0.5, 0.6) is 0 Å². The van der Waals surface area contributed by atoms with E-state index in [1.165, 1.54) is 12.1 Å². The molecule has 1 rings (SSSR count). The van der Waals surface area contributed by atoms with Crippen molar-refractivity contribution in [1.29, 1.82) is 0 Å². The molecule has 0 aliphatic heterocycles. The lowest BCUT2D eigenvalue weighted by Crippen LogP contribution is -2.11. The maximum absolute atomic E-state index is 10.5. The Labute approximate surface area is 73.1 Å². The van der Waals surface area contributed by atoms with Crippen molar-refractivity contribution in [1.82, 2.24) is 4.98 Å². The molecule has 0 saturated carbocycles. The number of hydrogen-bond acceptors (Lipinski definition) is 4. The van der Waals surface area contributed by atoms with Gasteiger partial charge in [-0.1, -0.05) is 11.6 Å². The zero-order valence-electron chi connectivity index (χ0n) is 5.91. The Hall–Kier alpha value is -1.33. The van der Waals surface area contributed by atoms with Crippen molar-refractivity contribution in [2.45, 2.75) is 0 Å². The van der Waals surface area contributed by atoms with Gasteiger partial charge in [-0.15, -0.1) is 0 Å². The first-order chi connectivity index (χ1) is 5.65. The topological polar surface area (TPSA) is 88.2 Å². The average Bonchev–Trinajstić information content (AvgIpc) is 2.05. The SMILES string of the molecule is NNc1ccc(Cl)c(C(=O)O)n1.